The van der Waals surface area contributed by atoms with Crippen LogP contribution in [0.4, 0.5) is 0 Å². The van der Waals surface area contributed by atoms with Gasteiger partial charge in [0.15, 0.2) is 9.84 Å². The minimum Gasteiger partial charge on any atom is -0.328 e. The average Bonchev–Trinajstić information content (AvgIpc) is 2.23. The van der Waals surface area contributed by atoms with E-state index in [9.17, 15) is 8.42 Å². The van der Waals surface area contributed by atoms with E-state index in [0.717, 1.165) is 25.9 Å². The molecule has 1 aliphatic rings. The molecule has 1 atom stereocenters. The standard InChI is InChI=1S/C9H20N2O2S/c1-9(10)3-5-11-4-2-7-14(12,13)8-6-11/h9H,2-8,10H2,1H3. The summed E-state index contributed by atoms with van der Waals surface area (Å²) in [5.41, 5.74) is 5.66. The maximum absolute atomic E-state index is 11.3. The summed E-state index contributed by atoms with van der Waals surface area (Å²) in [4.78, 5) is 2.20. The Morgan fingerprint density at radius 3 is 2.71 bits per heavy atom. The lowest BCUT2D eigenvalue weighted by atomic mass is 10.2. The van der Waals surface area contributed by atoms with Crippen LogP contribution in [0.3, 0.4) is 0 Å². The lowest BCUT2D eigenvalue weighted by Crippen LogP contribution is -2.31. The molecule has 4 nitrogen and oxygen atoms in total. The smallest absolute Gasteiger partial charge is 0.151 e. The fourth-order valence-electron chi connectivity index (χ4n) is 1.60. The summed E-state index contributed by atoms with van der Waals surface area (Å²) in [6, 6.07) is 0.204. The van der Waals surface area contributed by atoms with E-state index in [0.29, 0.717) is 18.1 Å². The Morgan fingerprint density at radius 2 is 2.07 bits per heavy atom. The van der Waals surface area contributed by atoms with Crippen LogP contribution in [0.5, 0.6) is 0 Å². The van der Waals surface area contributed by atoms with Crippen molar-refractivity contribution in [3.8, 4) is 0 Å². The first-order chi connectivity index (χ1) is 6.49. The first-order valence-electron chi connectivity index (χ1n) is 5.18. The normalized spacial score (nSPS) is 25.6. The fourth-order valence-corrected chi connectivity index (χ4v) is 2.91. The molecule has 2 N–H and O–H groups in total. The van der Waals surface area contributed by atoms with Crippen LogP contribution in [0.15, 0.2) is 0 Å². The van der Waals surface area contributed by atoms with Gasteiger partial charge < -0.3 is 10.6 Å². The third kappa shape index (κ3) is 4.39. The van der Waals surface area contributed by atoms with Crippen molar-refractivity contribution in [3.05, 3.63) is 0 Å². The zero-order chi connectivity index (χ0) is 10.6. The van der Waals surface area contributed by atoms with Gasteiger partial charge in [-0.3, -0.25) is 0 Å². The summed E-state index contributed by atoms with van der Waals surface area (Å²) in [5.74, 6) is 0.660. The molecule has 84 valence electrons. The Kier molecular flexibility index (Phi) is 4.34. The largest absolute Gasteiger partial charge is 0.328 e. The summed E-state index contributed by atoms with van der Waals surface area (Å²) < 4.78 is 22.6. The predicted octanol–water partition coefficient (Wildman–Crippen LogP) is -0.156. The van der Waals surface area contributed by atoms with Gasteiger partial charge in [0.1, 0.15) is 0 Å². The second-order valence-electron chi connectivity index (χ2n) is 4.11. The molecule has 0 radical (unpaired) electrons. The number of hydrogen-bond acceptors (Lipinski definition) is 4. The van der Waals surface area contributed by atoms with Crippen molar-refractivity contribution in [3.63, 3.8) is 0 Å². The second-order valence-corrected chi connectivity index (χ2v) is 6.42. The minimum atomic E-state index is -2.76. The van der Waals surface area contributed by atoms with Gasteiger partial charge in [-0.25, -0.2) is 8.42 Å². The molecule has 0 aromatic carbocycles. The Hall–Kier alpha value is -0.130. The van der Waals surface area contributed by atoms with Gasteiger partial charge in [-0.05, 0) is 32.9 Å². The maximum atomic E-state index is 11.3. The molecule has 1 unspecified atom stereocenters. The molecule has 0 aromatic rings. The molecule has 1 saturated heterocycles. The summed E-state index contributed by atoms with van der Waals surface area (Å²) >= 11 is 0. The molecule has 1 aliphatic heterocycles. The first-order valence-corrected chi connectivity index (χ1v) is 7.00. The quantitative estimate of drug-likeness (QED) is 0.718. The van der Waals surface area contributed by atoms with E-state index in [2.05, 4.69) is 4.90 Å². The van der Waals surface area contributed by atoms with E-state index < -0.39 is 9.84 Å². The number of hydrogen-bond donors (Lipinski definition) is 1. The van der Waals surface area contributed by atoms with Crippen LogP contribution in [0.1, 0.15) is 19.8 Å². The summed E-state index contributed by atoms with van der Waals surface area (Å²) in [5, 5.41) is 0. The Bertz CT molecular complexity index is 262. The SMILES string of the molecule is CC(N)CCN1CCCS(=O)(=O)CC1. The van der Waals surface area contributed by atoms with Crippen molar-refractivity contribution in [2.24, 2.45) is 5.73 Å². The van der Waals surface area contributed by atoms with Crippen molar-refractivity contribution in [2.75, 3.05) is 31.1 Å². The van der Waals surface area contributed by atoms with E-state index in [4.69, 9.17) is 5.73 Å². The zero-order valence-corrected chi connectivity index (χ0v) is 9.59. The first kappa shape index (κ1) is 11.9. The molecule has 0 saturated carbocycles. The second kappa shape index (κ2) is 5.09. The van der Waals surface area contributed by atoms with Gasteiger partial charge in [0.05, 0.1) is 11.5 Å². The van der Waals surface area contributed by atoms with Gasteiger partial charge >= 0.3 is 0 Å². The summed E-state index contributed by atoms with van der Waals surface area (Å²) in [6.45, 7) is 4.47. The average molecular weight is 220 g/mol. The molecule has 5 heteroatoms. The van der Waals surface area contributed by atoms with Crippen LogP contribution < -0.4 is 5.73 Å². The molecule has 1 heterocycles. The molecular weight excluding hydrogens is 200 g/mol. The van der Waals surface area contributed by atoms with Crippen LogP contribution in [0.25, 0.3) is 0 Å². The molecule has 0 aliphatic carbocycles. The maximum Gasteiger partial charge on any atom is 0.151 e. The predicted molar refractivity (Wildman–Crippen MR) is 58.0 cm³/mol. The van der Waals surface area contributed by atoms with Crippen LogP contribution in [-0.2, 0) is 9.84 Å². The molecule has 0 aromatic heterocycles. The number of sulfone groups is 1. The lowest BCUT2D eigenvalue weighted by molar-refractivity contribution is 0.285. The molecule has 1 fully saturated rings. The molecule has 0 bridgehead atoms. The van der Waals surface area contributed by atoms with E-state index >= 15 is 0 Å². The highest BCUT2D eigenvalue weighted by atomic mass is 32.2. The highest BCUT2D eigenvalue weighted by Crippen LogP contribution is 2.05. The van der Waals surface area contributed by atoms with Gasteiger partial charge in [0.2, 0.25) is 0 Å². The lowest BCUT2D eigenvalue weighted by Gasteiger charge is -2.19. The van der Waals surface area contributed by atoms with Crippen LogP contribution in [-0.4, -0.2) is 50.5 Å². The number of rotatable bonds is 3. The van der Waals surface area contributed by atoms with Crippen molar-refractivity contribution in [1.29, 1.82) is 0 Å². The van der Waals surface area contributed by atoms with Crippen LogP contribution in [0, 0.1) is 0 Å². The summed E-state index contributed by atoms with van der Waals surface area (Å²) in [7, 11) is -2.76. The number of nitrogens with two attached hydrogens (primary N) is 1. The van der Waals surface area contributed by atoms with Crippen molar-refractivity contribution < 1.29 is 8.42 Å². The van der Waals surface area contributed by atoms with Gasteiger partial charge in [-0.1, -0.05) is 0 Å². The number of nitrogens with zero attached hydrogens (tertiary/aromatic N) is 1. The van der Waals surface area contributed by atoms with Crippen LogP contribution in [0.2, 0.25) is 0 Å². The van der Waals surface area contributed by atoms with Crippen molar-refractivity contribution >= 4 is 9.84 Å². The van der Waals surface area contributed by atoms with E-state index in [-0.39, 0.29) is 6.04 Å². The third-order valence-corrected chi connectivity index (χ3v) is 4.26. The Labute approximate surface area is 86.4 Å². The van der Waals surface area contributed by atoms with Crippen molar-refractivity contribution in [2.45, 2.75) is 25.8 Å². The van der Waals surface area contributed by atoms with Gasteiger partial charge in [-0.2, -0.15) is 0 Å². The molecule has 0 amide bonds. The van der Waals surface area contributed by atoms with Crippen molar-refractivity contribution in [1.82, 2.24) is 4.90 Å². The van der Waals surface area contributed by atoms with Gasteiger partial charge in [0.25, 0.3) is 0 Å². The zero-order valence-electron chi connectivity index (χ0n) is 8.78. The molecule has 0 spiro atoms. The topological polar surface area (TPSA) is 63.4 Å². The third-order valence-electron chi connectivity index (χ3n) is 2.55. The molecule has 1 rings (SSSR count). The van der Waals surface area contributed by atoms with Crippen LogP contribution >= 0.6 is 0 Å². The highest BCUT2D eigenvalue weighted by Gasteiger charge is 2.18. The molecular formula is C9H20N2O2S. The van der Waals surface area contributed by atoms with E-state index in [1.807, 2.05) is 6.92 Å². The Morgan fingerprint density at radius 1 is 1.36 bits per heavy atom. The minimum absolute atomic E-state index is 0.204. The molecule has 14 heavy (non-hydrogen) atoms. The van der Waals surface area contributed by atoms with Gasteiger partial charge in [-0.15, -0.1) is 0 Å². The highest BCUT2D eigenvalue weighted by molar-refractivity contribution is 7.91. The monoisotopic (exact) mass is 220 g/mol. The van der Waals surface area contributed by atoms with E-state index in [1.54, 1.807) is 0 Å². The summed E-state index contributed by atoms with van der Waals surface area (Å²) in [6.07, 6.45) is 1.71. The van der Waals surface area contributed by atoms with Gasteiger partial charge in [0, 0.05) is 12.6 Å². The Balaban J connectivity index is 2.35. The van der Waals surface area contributed by atoms with E-state index in [1.165, 1.54) is 0 Å². The fraction of sp³-hybridized carbons (Fsp3) is 1.00.